The zero-order valence-electron chi connectivity index (χ0n) is 24.0. The Morgan fingerprint density at radius 3 is 2.10 bits per heavy atom. The summed E-state index contributed by atoms with van der Waals surface area (Å²) in [6, 6.07) is 17.9. The van der Waals surface area contributed by atoms with Crippen molar-refractivity contribution in [1.29, 1.82) is 0 Å². The fourth-order valence-electron chi connectivity index (χ4n) is 4.56. The van der Waals surface area contributed by atoms with Gasteiger partial charge in [-0.05, 0) is 61.7 Å². The molecule has 1 aliphatic heterocycles. The first kappa shape index (κ1) is 29.5. The van der Waals surface area contributed by atoms with E-state index in [1.165, 1.54) is 33.1 Å². The maximum absolute atomic E-state index is 13.6. The largest absolute Gasteiger partial charge is 0.493 e. The van der Waals surface area contributed by atoms with Gasteiger partial charge in [0.05, 0.1) is 32.7 Å². The quantitative estimate of drug-likeness (QED) is 0.305. The average molecular weight is 575 g/mol. The highest BCUT2D eigenvalue weighted by Gasteiger charge is 2.31. The maximum Gasteiger partial charge on any atom is 0.255 e. The summed E-state index contributed by atoms with van der Waals surface area (Å²) < 4.78 is 16.6. The summed E-state index contributed by atoms with van der Waals surface area (Å²) in [6.45, 7) is 5.73. The van der Waals surface area contributed by atoms with E-state index in [1.807, 2.05) is 69.3 Å². The van der Waals surface area contributed by atoms with Crippen molar-refractivity contribution >= 4 is 40.1 Å². The van der Waals surface area contributed by atoms with Gasteiger partial charge in [0.1, 0.15) is 6.04 Å². The van der Waals surface area contributed by atoms with Crippen LogP contribution in [0.15, 0.2) is 76.9 Å². The number of anilines is 2. The van der Waals surface area contributed by atoms with Crippen LogP contribution >= 0.6 is 11.8 Å². The van der Waals surface area contributed by atoms with Crippen LogP contribution in [0.25, 0.3) is 0 Å². The normalized spacial score (nSPS) is 14.5. The first-order chi connectivity index (χ1) is 19.7. The molecule has 10 heteroatoms. The number of rotatable bonds is 9. The van der Waals surface area contributed by atoms with E-state index in [9.17, 15) is 9.59 Å². The molecule has 41 heavy (non-hydrogen) atoms. The molecule has 3 aromatic carbocycles. The van der Waals surface area contributed by atoms with Gasteiger partial charge in [0, 0.05) is 17.1 Å². The second-order valence-electron chi connectivity index (χ2n) is 9.38. The number of carbonyl (C=O) groups excluding carboxylic acids is 2. The summed E-state index contributed by atoms with van der Waals surface area (Å²) in [4.78, 5) is 31.4. The smallest absolute Gasteiger partial charge is 0.255 e. The molecule has 0 aromatic heterocycles. The molecule has 0 saturated carbocycles. The number of ether oxygens (including phenoxy) is 3. The minimum Gasteiger partial charge on any atom is -0.493 e. The summed E-state index contributed by atoms with van der Waals surface area (Å²) in [5, 5.41) is 9.69. The van der Waals surface area contributed by atoms with Gasteiger partial charge in [0.2, 0.25) is 11.7 Å². The minimum absolute atomic E-state index is 0.125. The highest BCUT2D eigenvalue weighted by Crippen LogP contribution is 2.43. The maximum atomic E-state index is 13.6. The molecule has 0 fully saturated rings. The first-order valence-electron chi connectivity index (χ1n) is 13.0. The summed E-state index contributed by atoms with van der Waals surface area (Å²) in [5.41, 5.74) is 5.16. The van der Waals surface area contributed by atoms with Gasteiger partial charge in [0.25, 0.3) is 5.91 Å². The Kier molecular flexibility index (Phi) is 9.57. The van der Waals surface area contributed by atoms with Crippen molar-refractivity contribution < 1.29 is 23.8 Å². The van der Waals surface area contributed by atoms with Crippen LogP contribution in [0.5, 0.6) is 17.2 Å². The summed E-state index contributed by atoms with van der Waals surface area (Å²) >= 11 is 1.26. The second-order valence-corrected chi connectivity index (χ2v) is 10.3. The number of aryl methyl sites for hydroxylation is 2. The Hall–Kier alpha value is -4.44. The van der Waals surface area contributed by atoms with Crippen LogP contribution in [0, 0.1) is 13.8 Å². The highest BCUT2D eigenvalue weighted by molar-refractivity contribution is 8.14. The number of methoxy groups -OCH3 is 3. The number of benzene rings is 3. The first-order valence-corrected chi connectivity index (χ1v) is 13.9. The van der Waals surface area contributed by atoms with Crippen molar-refractivity contribution in [3.8, 4) is 17.2 Å². The molecule has 3 aromatic rings. The molecular formula is C31H34N4O5S. The molecule has 3 N–H and O–H groups in total. The Bertz CT molecular complexity index is 1460. The number of aliphatic imine (C=N–C) groups is 1. The topological polar surface area (TPSA) is 110 Å². The van der Waals surface area contributed by atoms with E-state index in [-0.39, 0.29) is 17.6 Å². The lowest BCUT2D eigenvalue weighted by atomic mass is 9.95. The Morgan fingerprint density at radius 1 is 0.878 bits per heavy atom. The number of nitrogens with zero attached hydrogens (tertiary/aromatic N) is 1. The lowest BCUT2D eigenvalue weighted by Crippen LogP contribution is -2.32. The van der Waals surface area contributed by atoms with Crippen molar-refractivity contribution in [2.24, 2.45) is 4.99 Å². The Morgan fingerprint density at radius 2 is 1.51 bits per heavy atom. The van der Waals surface area contributed by atoms with Gasteiger partial charge < -0.3 is 30.2 Å². The van der Waals surface area contributed by atoms with Crippen LogP contribution in [0.2, 0.25) is 0 Å². The average Bonchev–Trinajstić information content (AvgIpc) is 2.97. The van der Waals surface area contributed by atoms with Gasteiger partial charge in [0.15, 0.2) is 16.7 Å². The second kappa shape index (κ2) is 13.3. The fraction of sp³-hybridized carbons (Fsp3) is 0.258. The molecule has 0 bridgehead atoms. The van der Waals surface area contributed by atoms with Crippen LogP contribution in [-0.4, -0.2) is 44.1 Å². The molecule has 9 nitrogen and oxygen atoms in total. The molecule has 1 heterocycles. The Balaban J connectivity index is 1.65. The molecule has 0 spiro atoms. The van der Waals surface area contributed by atoms with Crippen molar-refractivity contribution in [1.82, 2.24) is 5.32 Å². The summed E-state index contributed by atoms with van der Waals surface area (Å²) in [7, 11) is 4.60. The number of allylic oxidation sites excluding steroid dienone is 1. The van der Waals surface area contributed by atoms with Gasteiger partial charge in [-0.25, -0.2) is 4.99 Å². The van der Waals surface area contributed by atoms with E-state index >= 15 is 0 Å². The Labute approximate surface area is 244 Å². The molecule has 0 aliphatic carbocycles. The number of amidine groups is 1. The van der Waals surface area contributed by atoms with E-state index in [1.54, 1.807) is 12.1 Å². The zero-order valence-corrected chi connectivity index (χ0v) is 24.8. The van der Waals surface area contributed by atoms with Crippen molar-refractivity contribution in [3.05, 3.63) is 88.6 Å². The number of carbonyl (C=O) groups is 2. The SMILES string of the molecule is COc1cc([C@@H]2N=C(SCC(=O)Nc3c(C)cccc3C)NC(C)=C2C(=O)Nc2ccccc2)cc(OC)c1OC. The van der Waals surface area contributed by atoms with Gasteiger partial charge in [-0.1, -0.05) is 48.2 Å². The molecular weight excluding hydrogens is 540 g/mol. The molecule has 2 amide bonds. The molecule has 214 valence electrons. The van der Waals surface area contributed by atoms with E-state index in [0.717, 1.165) is 16.8 Å². The van der Waals surface area contributed by atoms with Gasteiger partial charge in [-0.2, -0.15) is 0 Å². The molecule has 4 rings (SSSR count). The van der Waals surface area contributed by atoms with E-state index in [2.05, 4.69) is 16.0 Å². The predicted molar refractivity (Wildman–Crippen MR) is 164 cm³/mol. The van der Waals surface area contributed by atoms with Crippen LogP contribution in [0.4, 0.5) is 11.4 Å². The molecule has 1 atom stereocenters. The number of nitrogens with one attached hydrogen (secondary N) is 3. The number of amides is 2. The van der Waals surface area contributed by atoms with Crippen LogP contribution < -0.4 is 30.2 Å². The standard InChI is InChI=1S/C31H34N4O5S/c1-18-11-10-12-19(2)27(18)34-25(36)17-41-31-32-20(3)26(30(37)33-22-13-8-7-9-14-22)28(35-31)21-15-23(38-4)29(40-6)24(16-21)39-5/h7-16,28H,17H2,1-6H3,(H,32,35)(H,33,37)(H,34,36)/t28-/m0/s1. The molecule has 1 aliphatic rings. The number of para-hydroxylation sites is 2. The van der Waals surface area contributed by atoms with Crippen molar-refractivity contribution in [2.75, 3.05) is 37.7 Å². The fourth-order valence-corrected chi connectivity index (χ4v) is 5.30. The third-order valence-corrected chi connectivity index (χ3v) is 7.47. The number of hydrogen-bond acceptors (Lipinski definition) is 8. The predicted octanol–water partition coefficient (Wildman–Crippen LogP) is 5.61. The van der Waals surface area contributed by atoms with E-state index in [0.29, 0.717) is 44.9 Å². The van der Waals surface area contributed by atoms with Gasteiger partial charge in [-0.15, -0.1) is 0 Å². The van der Waals surface area contributed by atoms with Crippen molar-refractivity contribution in [2.45, 2.75) is 26.8 Å². The highest BCUT2D eigenvalue weighted by atomic mass is 32.2. The van der Waals surface area contributed by atoms with E-state index < -0.39 is 6.04 Å². The van der Waals surface area contributed by atoms with E-state index in [4.69, 9.17) is 19.2 Å². The molecule has 0 unspecified atom stereocenters. The monoisotopic (exact) mass is 574 g/mol. The third kappa shape index (κ3) is 6.83. The van der Waals surface area contributed by atoms with Crippen molar-refractivity contribution in [3.63, 3.8) is 0 Å². The minimum atomic E-state index is -0.710. The lowest BCUT2D eigenvalue weighted by Gasteiger charge is -2.27. The number of hydrogen-bond donors (Lipinski definition) is 3. The molecule has 0 radical (unpaired) electrons. The zero-order chi connectivity index (χ0) is 29.5. The summed E-state index contributed by atoms with van der Waals surface area (Å²) in [6.07, 6.45) is 0. The van der Waals surface area contributed by atoms with Crippen LogP contribution in [0.3, 0.4) is 0 Å². The van der Waals surface area contributed by atoms with Gasteiger partial charge in [-0.3, -0.25) is 9.59 Å². The van der Waals surface area contributed by atoms with Crippen LogP contribution in [-0.2, 0) is 9.59 Å². The lowest BCUT2D eigenvalue weighted by molar-refractivity contribution is -0.114. The number of thioether (sulfide) groups is 1. The third-order valence-electron chi connectivity index (χ3n) is 6.58. The summed E-state index contributed by atoms with van der Waals surface area (Å²) in [5.74, 6) is 0.985. The molecule has 0 saturated heterocycles. The van der Waals surface area contributed by atoms with Crippen LogP contribution in [0.1, 0.15) is 29.7 Å². The van der Waals surface area contributed by atoms with Gasteiger partial charge >= 0.3 is 0 Å².